The molecule has 2 fully saturated rings. The van der Waals surface area contributed by atoms with Crippen molar-refractivity contribution < 1.29 is 14.7 Å². The summed E-state index contributed by atoms with van der Waals surface area (Å²) in [5.74, 6) is 0.293. The smallest absolute Gasteiger partial charge is 0.326 e. The summed E-state index contributed by atoms with van der Waals surface area (Å²) < 4.78 is 0. The van der Waals surface area contributed by atoms with Crippen LogP contribution in [0.4, 0.5) is 0 Å². The van der Waals surface area contributed by atoms with Gasteiger partial charge in [0.2, 0.25) is 5.91 Å². The molecule has 3 unspecified atom stereocenters. The number of aliphatic carboxylic acids is 1. The molecule has 0 spiro atoms. The Hall–Kier alpha value is -0.710. The van der Waals surface area contributed by atoms with Gasteiger partial charge in [0, 0.05) is 6.54 Å². The van der Waals surface area contributed by atoms with Crippen molar-refractivity contribution in [3.8, 4) is 0 Å². The highest BCUT2D eigenvalue weighted by atomic mass is 32.2. The van der Waals surface area contributed by atoms with E-state index in [0.29, 0.717) is 6.54 Å². The number of carbonyl (C=O) groups excluding carboxylic acids is 1. The summed E-state index contributed by atoms with van der Waals surface area (Å²) in [6.45, 7) is 2.55. The molecule has 2 saturated heterocycles. The van der Waals surface area contributed by atoms with Gasteiger partial charge in [0.15, 0.2) is 0 Å². The first-order chi connectivity index (χ1) is 8.61. The second kappa shape index (κ2) is 5.95. The molecule has 1 N–H and O–H groups in total. The van der Waals surface area contributed by atoms with Gasteiger partial charge in [0.05, 0.1) is 5.25 Å². The lowest BCUT2D eigenvalue weighted by atomic mass is 9.90. The molecule has 1 amide bonds. The minimum absolute atomic E-state index is 0.00843. The van der Waals surface area contributed by atoms with Gasteiger partial charge in [-0.2, -0.15) is 0 Å². The van der Waals surface area contributed by atoms with Crippen molar-refractivity contribution in [2.45, 2.75) is 50.3 Å². The number of amides is 1. The van der Waals surface area contributed by atoms with Crippen molar-refractivity contribution in [2.75, 3.05) is 12.3 Å². The van der Waals surface area contributed by atoms with Crippen LogP contribution >= 0.6 is 11.8 Å². The summed E-state index contributed by atoms with van der Waals surface area (Å²) in [5, 5.41) is 9.32. The zero-order valence-electron chi connectivity index (χ0n) is 10.8. The third kappa shape index (κ3) is 2.82. The summed E-state index contributed by atoms with van der Waals surface area (Å²) in [7, 11) is 0. The summed E-state index contributed by atoms with van der Waals surface area (Å²) in [6.07, 6.45) is 4.99. The average Bonchev–Trinajstić information content (AvgIpc) is 2.38. The Balaban J connectivity index is 2.08. The monoisotopic (exact) mass is 271 g/mol. The van der Waals surface area contributed by atoms with E-state index in [1.807, 2.05) is 6.92 Å². The van der Waals surface area contributed by atoms with Crippen LogP contribution in [0.15, 0.2) is 0 Å². The maximum atomic E-state index is 12.5. The van der Waals surface area contributed by atoms with Gasteiger partial charge in [-0.3, -0.25) is 4.79 Å². The fourth-order valence-corrected chi connectivity index (χ4v) is 4.20. The Morgan fingerprint density at radius 1 is 1.22 bits per heavy atom. The number of piperidine rings is 1. The number of likely N-dealkylation sites (tertiary alicyclic amines) is 1. The maximum Gasteiger partial charge on any atom is 0.326 e. The standard InChI is InChI=1S/C13H21NO3S/c1-9-5-4-7-14(11(9)13(16)17)12(15)10-6-2-3-8-18-10/h9-11H,2-8H2,1H3,(H,16,17). The molecule has 102 valence electrons. The number of nitrogens with zero attached hydrogens (tertiary/aromatic N) is 1. The quantitative estimate of drug-likeness (QED) is 0.834. The third-order valence-corrected chi connectivity index (χ3v) is 5.29. The summed E-state index contributed by atoms with van der Waals surface area (Å²) in [5.41, 5.74) is 0. The SMILES string of the molecule is CC1CCCN(C(=O)C2CCCCS2)C1C(=O)O. The highest BCUT2D eigenvalue weighted by Crippen LogP contribution is 2.30. The van der Waals surface area contributed by atoms with Crippen LogP contribution in [-0.4, -0.2) is 45.5 Å². The van der Waals surface area contributed by atoms with Gasteiger partial charge in [-0.15, -0.1) is 11.8 Å². The summed E-state index contributed by atoms with van der Waals surface area (Å²) in [6, 6.07) is -0.617. The third-order valence-electron chi connectivity index (χ3n) is 3.92. The van der Waals surface area contributed by atoms with E-state index in [9.17, 15) is 14.7 Å². The lowest BCUT2D eigenvalue weighted by molar-refractivity contribution is -0.154. The van der Waals surface area contributed by atoms with Gasteiger partial charge in [-0.1, -0.05) is 13.3 Å². The molecule has 0 aromatic heterocycles. The van der Waals surface area contributed by atoms with Gasteiger partial charge in [0.25, 0.3) is 0 Å². The Morgan fingerprint density at radius 2 is 2.00 bits per heavy atom. The van der Waals surface area contributed by atoms with E-state index < -0.39 is 12.0 Å². The number of carbonyl (C=O) groups is 2. The van der Waals surface area contributed by atoms with Crippen molar-refractivity contribution in [1.29, 1.82) is 0 Å². The number of rotatable bonds is 2. The molecule has 4 nitrogen and oxygen atoms in total. The lowest BCUT2D eigenvalue weighted by Gasteiger charge is -2.39. The maximum absolute atomic E-state index is 12.5. The van der Waals surface area contributed by atoms with Crippen LogP contribution in [0, 0.1) is 5.92 Å². The molecule has 0 radical (unpaired) electrons. The molecular weight excluding hydrogens is 250 g/mol. The van der Waals surface area contributed by atoms with Crippen LogP contribution in [0.25, 0.3) is 0 Å². The Bertz CT molecular complexity index is 328. The number of carboxylic acid groups (broad SMARTS) is 1. The molecule has 0 aromatic carbocycles. The van der Waals surface area contributed by atoms with E-state index in [1.165, 1.54) is 6.42 Å². The minimum atomic E-state index is -0.851. The molecule has 5 heteroatoms. The van der Waals surface area contributed by atoms with Crippen LogP contribution in [0.2, 0.25) is 0 Å². The van der Waals surface area contributed by atoms with E-state index in [2.05, 4.69) is 0 Å². The van der Waals surface area contributed by atoms with Crippen molar-refractivity contribution in [3.05, 3.63) is 0 Å². The topological polar surface area (TPSA) is 57.6 Å². The fourth-order valence-electron chi connectivity index (χ4n) is 2.93. The molecule has 18 heavy (non-hydrogen) atoms. The second-order valence-electron chi connectivity index (χ2n) is 5.29. The fraction of sp³-hybridized carbons (Fsp3) is 0.846. The number of hydrogen-bond donors (Lipinski definition) is 1. The summed E-state index contributed by atoms with van der Waals surface area (Å²) in [4.78, 5) is 25.4. The first-order valence-electron chi connectivity index (χ1n) is 6.76. The van der Waals surface area contributed by atoms with Gasteiger partial charge in [-0.05, 0) is 37.4 Å². The molecule has 0 saturated carbocycles. The first kappa shape index (κ1) is 13.7. The van der Waals surface area contributed by atoms with E-state index in [1.54, 1.807) is 16.7 Å². The first-order valence-corrected chi connectivity index (χ1v) is 7.81. The second-order valence-corrected chi connectivity index (χ2v) is 6.60. The number of thioether (sulfide) groups is 1. The van der Waals surface area contributed by atoms with Gasteiger partial charge >= 0.3 is 5.97 Å². The Labute approximate surface area is 112 Å². The highest BCUT2D eigenvalue weighted by molar-refractivity contribution is 8.00. The van der Waals surface area contributed by atoms with Gasteiger partial charge < -0.3 is 10.0 Å². The summed E-state index contributed by atoms with van der Waals surface area (Å²) >= 11 is 1.70. The molecule has 0 bridgehead atoms. The molecule has 0 aliphatic carbocycles. The minimum Gasteiger partial charge on any atom is -0.480 e. The van der Waals surface area contributed by atoms with E-state index in [4.69, 9.17) is 0 Å². The van der Waals surface area contributed by atoms with E-state index >= 15 is 0 Å². The molecule has 2 rings (SSSR count). The predicted octanol–water partition coefficient (Wildman–Crippen LogP) is 1.98. The van der Waals surface area contributed by atoms with Crippen LogP contribution in [-0.2, 0) is 9.59 Å². The van der Waals surface area contributed by atoms with Crippen LogP contribution < -0.4 is 0 Å². The predicted molar refractivity (Wildman–Crippen MR) is 71.6 cm³/mol. The van der Waals surface area contributed by atoms with E-state index in [-0.39, 0.29) is 17.1 Å². The Kier molecular flexibility index (Phi) is 4.54. The van der Waals surface area contributed by atoms with Crippen LogP contribution in [0.3, 0.4) is 0 Å². The Morgan fingerprint density at radius 3 is 2.61 bits per heavy atom. The zero-order valence-corrected chi connectivity index (χ0v) is 11.6. The van der Waals surface area contributed by atoms with Crippen molar-refractivity contribution >= 4 is 23.6 Å². The number of carboxylic acids is 1. The van der Waals surface area contributed by atoms with Crippen molar-refractivity contribution in [2.24, 2.45) is 5.92 Å². The lowest BCUT2D eigenvalue weighted by Crippen LogP contribution is -2.54. The molecule has 2 aliphatic heterocycles. The van der Waals surface area contributed by atoms with Crippen molar-refractivity contribution in [3.63, 3.8) is 0 Å². The van der Waals surface area contributed by atoms with Crippen LogP contribution in [0.5, 0.6) is 0 Å². The van der Waals surface area contributed by atoms with Crippen LogP contribution in [0.1, 0.15) is 39.0 Å². The molecular formula is C13H21NO3S. The van der Waals surface area contributed by atoms with Crippen molar-refractivity contribution in [1.82, 2.24) is 4.90 Å². The largest absolute Gasteiger partial charge is 0.480 e. The number of hydrogen-bond acceptors (Lipinski definition) is 3. The normalized spacial score (nSPS) is 33.2. The average molecular weight is 271 g/mol. The van der Waals surface area contributed by atoms with E-state index in [0.717, 1.165) is 31.4 Å². The molecule has 2 aliphatic rings. The zero-order chi connectivity index (χ0) is 13.1. The molecule has 0 aromatic rings. The van der Waals surface area contributed by atoms with Gasteiger partial charge in [-0.25, -0.2) is 4.79 Å². The molecule has 3 atom stereocenters. The molecule has 2 heterocycles. The van der Waals surface area contributed by atoms with Gasteiger partial charge in [0.1, 0.15) is 6.04 Å². The highest BCUT2D eigenvalue weighted by Gasteiger charge is 2.39.